The molecule has 0 spiro atoms. The summed E-state index contributed by atoms with van der Waals surface area (Å²) in [5.41, 5.74) is 2.52. The van der Waals surface area contributed by atoms with E-state index in [1.54, 1.807) is 0 Å². The second kappa shape index (κ2) is 12.3. The van der Waals surface area contributed by atoms with Crippen molar-refractivity contribution in [3.05, 3.63) is 70.7 Å². The molecule has 2 aromatic rings. The highest BCUT2D eigenvalue weighted by Gasteiger charge is 2.26. The number of piperazine rings is 1. The number of carbonyl (C=O) groups excluding carboxylic acids is 2. The summed E-state index contributed by atoms with van der Waals surface area (Å²) in [6, 6.07) is 19.2. The number of benzene rings is 2. The maximum Gasteiger partial charge on any atom is 0.246 e. The first-order valence-corrected chi connectivity index (χ1v) is 12.4. The average molecular weight is 485 g/mol. The molecule has 0 bridgehead atoms. The Morgan fingerprint density at radius 3 is 2.29 bits per heavy atom. The Morgan fingerprint density at radius 1 is 0.941 bits per heavy atom. The van der Waals surface area contributed by atoms with Gasteiger partial charge in [-0.15, -0.1) is 0 Å². The van der Waals surface area contributed by atoms with Gasteiger partial charge < -0.3 is 15.4 Å². The maximum atomic E-state index is 11.9. The van der Waals surface area contributed by atoms with Crippen LogP contribution in [0.2, 0.25) is 5.02 Å². The molecule has 1 saturated carbocycles. The van der Waals surface area contributed by atoms with E-state index >= 15 is 0 Å². The fourth-order valence-corrected chi connectivity index (χ4v) is 4.36. The van der Waals surface area contributed by atoms with Crippen molar-refractivity contribution >= 4 is 23.4 Å². The van der Waals surface area contributed by atoms with Crippen LogP contribution in [-0.2, 0) is 14.3 Å². The second-order valence-electron chi connectivity index (χ2n) is 8.91. The number of ether oxygens (including phenoxy) is 1. The zero-order valence-electron chi connectivity index (χ0n) is 19.4. The second-order valence-corrected chi connectivity index (χ2v) is 9.35. The summed E-state index contributed by atoms with van der Waals surface area (Å²) in [5, 5.41) is 6.19. The summed E-state index contributed by atoms with van der Waals surface area (Å²) in [6.45, 7) is 5.01. The Bertz CT molecular complexity index is 929. The summed E-state index contributed by atoms with van der Waals surface area (Å²) in [4.78, 5) is 28.4. The largest absolute Gasteiger partial charge is 0.370 e. The van der Waals surface area contributed by atoms with Crippen molar-refractivity contribution in [1.82, 2.24) is 20.4 Å². The van der Waals surface area contributed by atoms with Gasteiger partial charge in [0.1, 0.15) is 6.61 Å². The molecule has 2 N–H and O–H groups in total. The van der Waals surface area contributed by atoms with Gasteiger partial charge in [-0.05, 0) is 36.1 Å². The minimum atomic E-state index is -0.260. The molecule has 1 saturated heterocycles. The van der Waals surface area contributed by atoms with E-state index in [1.807, 2.05) is 18.2 Å². The molecular formula is C26H33ClN4O3. The average Bonchev–Trinajstić information content (AvgIpc) is 3.67. The molecule has 1 heterocycles. The molecule has 7 nitrogen and oxygen atoms in total. The fraction of sp³-hybridized carbons (Fsp3) is 0.462. The predicted octanol–water partition coefficient (Wildman–Crippen LogP) is 2.46. The molecule has 2 aromatic carbocycles. The first-order valence-electron chi connectivity index (χ1n) is 12.0. The van der Waals surface area contributed by atoms with Crippen LogP contribution in [0.1, 0.15) is 30.0 Å². The molecule has 0 aromatic heterocycles. The quantitative estimate of drug-likeness (QED) is 0.479. The lowest BCUT2D eigenvalue weighted by Crippen LogP contribution is -2.48. The van der Waals surface area contributed by atoms with Gasteiger partial charge in [0.05, 0.1) is 19.2 Å². The lowest BCUT2D eigenvalue weighted by molar-refractivity contribution is -0.129. The highest BCUT2D eigenvalue weighted by atomic mass is 35.5. The van der Waals surface area contributed by atoms with E-state index < -0.39 is 0 Å². The summed E-state index contributed by atoms with van der Waals surface area (Å²) < 4.78 is 5.54. The van der Waals surface area contributed by atoms with Crippen LogP contribution in [0.3, 0.4) is 0 Å². The first-order chi connectivity index (χ1) is 16.6. The van der Waals surface area contributed by atoms with Crippen molar-refractivity contribution < 1.29 is 14.3 Å². The SMILES string of the molecule is O=C(COCCN1CCN(C(c2ccccc2)c2ccc(Cl)cc2)CC1)NCC(=O)NC1CC1. The number of halogens is 1. The molecule has 1 aliphatic heterocycles. The van der Waals surface area contributed by atoms with Crippen LogP contribution in [0.25, 0.3) is 0 Å². The molecule has 2 aliphatic rings. The molecule has 0 radical (unpaired) electrons. The highest BCUT2D eigenvalue weighted by molar-refractivity contribution is 6.30. The van der Waals surface area contributed by atoms with Gasteiger partial charge in [0.25, 0.3) is 0 Å². The van der Waals surface area contributed by atoms with Crippen molar-refractivity contribution in [2.45, 2.75) is 24.9 Å². The molecule has 1 unspecified atom stereocenters. The third-order valence-corrected chi connectivity index (χ3v) is 6.50. The minimum absolute atomic E-state index is 0.0108. The number of hydrogen-bond acceptors (Lipinski definition) is 5. The number of rotatable bonds is 11. The van der Waals surface area contributed by atoms with Crippen LogP contribution in [0.4, 0.5) is 0 Å². The van der Waals surface area contributed by atoms with Crippen LogP contribution in [0.5, 0.6) is 0 Å². The smallest absolute Gasteiger partial charge is 0.246 e. The summed E-state index contributed by atoms with van der Waals surface area (Å²) in [6.07, 6.45) is 2.07. The topological polar surface area (TPSA) is 73.9 Å². The number of amides is 2. The van der Waals surface area contributed by atoms with Gasteiger partial charge in [-0.2, -0.15) is 0 Å². The molecular weight excluding hydrogens is 452 g/mol. The molecule has 2 amide bonds. The molecule has 2 fully saturated rings. The van der Waals surface area contributed by atoms with Crippen LogP contribution in [-0.4, -0.2) is 80.1 Å². The maximum absolute atomic E-state index is 11.9. The minimum Gasteiger partial charge on any atom is -0.370 e. The lowest BCUT2D eigenvalue weighted by atomic mass is 9.96. The van der Waals surface area contributed by atoms with Gasteiger partial charge in [0.2, 0.25) is 11.8 Å². The predicted molar refractivity (Wildman–Crippen MR) is 133 cm³/mol. The zero-order chi connectivity index (χ0) is 23.8. The summed E-state index contributed by atoms with van der Waals surface area (Å²) in [7, 11) is 0. The Hall–Kier alpha value is -2.45. The molecule has 1 aliphatic carbocycles. The van der Waals surface area contributed by atoms with Crippen molar-refractivity contribution in [3.8, 4) is 0 Å². The van der Waals surface area contributed by atoms with Crippen molar-refractivity contribution in [2.75, 3.05) is 52.5 Å². The van der Waals surface area contributed by atoms with Crippen LogP contribution < -0.4 is 10.6 Å². The fourth-order valence-electron chi connectivity index (χ4n) is 4.23. The van der Waals surface area contributed by atoms with Gasteiger partial charge in [-0.3, -0.25) is 19.4 Å². The van der Waals surface area contributed by atoms with E-state index in [-0.39, 0.29) is 31.0 Å². The van der Waals surface area contributed by atoms with Gasteiger partial charge in [0.15, 0.2) is 0 Å². The zero-order valence-corrected chi connectivity index (χ0v) is 20.2. The molecule has 8 heteroatoms. The third kappa shape index (κ3) is 7.53. The Kier molecular flexibility index (Phi) is 8.93. The van der Waals surface area contributed by atoms with Gasteiger partial charge in [-0.25, -0.2) is 0 Å². The third-order valence-electron chi connectivity index (χ3n) is 6.25. The Balaban J connectivity index is 1.18. The molecule has 34 heavy (non-hydrogen) atoms. The Morgan fingerprint density at radius 2 is 1.62 bits per heavy atom. The highest BCUT2D eigenvalue weighted by Crippen LogP contribution is 2.30. The van der Waals surface area contributed by atoms with Gasteiger partial charge >= 0.3 is 0 Å². The molecule has 182 valence electrons. The lowest BCUT2D eigenvalue weighted by Gasteiger charge is -2.39. The normalized spacial score (nSPS) is 17.8. The number of hydrogen-bond donors (Lipinski definition) is 2. The number of nitrogens with zero attached hydrogens (tertiary/aromatic N) is 2. The molecule has 4 rings (SSSR count). The van der Waals surface area contributed by atoms with Crippen molar-refractivity contribution in [2.24, 2.45) is 0 Å². The summed E-state index contributed by atoms with van der Waals surface area (Å²) in [5.74, 6) is -0.398. The van der Waals surface area contributed by atoms with E-state index in [0.29, 0.717) is 12.6 Å². The van der Waals surface area contributed by atoms with Crippen LogP contribution in [0, 0.1) is 0 Å². The standard InChI is InChI=1S/C26H33ClN4O3/c27-22-8-6-21(7-9-22)26(20-4-2-1-3-5-20)31-14-12-30(13-15-31)16-17-34-19-25(33)28-18-24(32)29-23-10-11-23/h1-9,23,26H,10-19H2,(H,28,33)(H,29,32). The van der Waals surface area contributed by atoms with Crippen LogP contribution in [0.15, 0.2) is 54.6 Å². The number of carbonyl (C=O) groups is 2. The monoisotopic (exact) mass is 484 g/mol. The van der Waals surface area contributed by atoms with E-state index in [2.05, 4.69) is 56.8 Å². The van der Waals surface area contributed by atoms with Gasteiger partial charge in [-0.1, -0.05) is 54.1 Å². The van der Waals surface area contributed by atoms with Crippen molar-refractivity contribution in [3.63, 3.8) is 0 Å². The van der Waals surface area contributed by atoms with Crippen LogP contribution >= 0.6 is 11.6 Å². The molecule has 1 atom stereocenters. The van der Waals surface area contributed by atoms with E-state index in [1.165, 1.54) is 11.1 Å². The van der Waals surface area contributed by atoms with E-state index in [9.17, 15) is 9.59 Å². The van der Waals surface area contributed by atoms with Gasteiger partial charge in [0, 0.05) is 43.8 Å². The first kappa shape index (κ1) is 24.7. The Labute approximate surface area is 206 Å². The summed E-state index contributed by atoms with van der Waals surface area (Å²) >= 11 is 6.12. The number of nitrogens with one attached hydrogen (secondary N) is 2. The van der Waals surface area contributed by atoms with E-state index in [4.69, 9.17) is 16.3 Å². The van der Waals surface area contributed by atoms with Crippen molar-refractivity contribution in [1.29, 1.82) is 0 Å². The van der Waals surface area contributed by atoms with E-state index in [0.717, 1.165) is 50.6 Å².